The highest BCUT2D eigenvalue weighted by Gasteiger charge is 2.08. The zero-order chi connectivity index (χ0) is 11.5. The predicted octanol–water partition coefficient (Wildman–Crippen LogP) is 2.78. The van der Waals surface area contributed by atoms with E-state index in [1.807, 2.05) is 36.4 Å². The topological polar surface area (TPSA) is 54.7 Å². The van der Waals surface area contributed by atoms with Crippen molar-refractivity contribution in [3.8, 4) is 6.07 Å². The first kappa shape index (κ1) is 10.9. The summed E-state index contributed by atoms with van der Waals surface area (Å²) in [5, 5.41) is 8.84. The summed E-state index contributed by atoms with van der Waals surface area (Å²) < 4.78 is 2.42. The molecule has 0 aliphatic heterocycles. The maximum absolute atomic E-state index is 8.84. The molecule has 0 atom stereocenters. The Morgan fingerprint density at radius 2 is 2.06 bits per heavy atom. The third-order valence-electron chi connectivity index (χ3n) is 2.22. The van der Waals surface area contributed by atoms with Crippen LogP contribution in [0.25, 0.3) is 0 Å². The fourth-order valence-corrected chi connectivity index (χ4v) is 2.53. The average Bonchev–Trinajstić information content (AvgIpc) is 2.58. The summed E-state index contributed by atoms with van der Waals surface area (Å²) in [6, 6.07) is 11.9. The number of benzene rings is 1. The number of rotatable bonds is 2. The van der Waals surface area contributed by atoms with E-state index >= 15 is 0 Å². The lowest BCUT2D eigenvalue weighted by Gasteiger charge is -2.04. The van der Waals surface area contributed by atoms with Crippen LogP contribution >= 0.6 is 23.6 Å². The molecule has 1 heterocycles. The summed E-state index contributed by atoms with van der Waals surface area (Å²) in [5.41, 5.74) is 6.96. The van der Waals surface area contributed by atoms with Crippen LogP contribution in [-0.4, -0.2) is 4.57 Å². The maximum atomic E-state index is 8.84. The van der Waals surface area contributed by atoms with Crippen molar-refractivity contribution in [3.05, 3.63) is 44.7 Å². The Bertz CT molecular complexity index is 590. The summed E-state index contributed by atoms with van der Waals surface area (Å²) in [4.78, 5) is 0.487. The first-order valence-corrected chi connectivity index (χ1v) is 5.88. The highest BCUT2D eigenvalue weighted by atomic mass is 32.1. The molecule has 5 heteroatoms. The fraction of sp³-hybridized carbons (Fsp3) is 0.0909. The van der Waals surface area contributed by atoms with Crippen molar-refractivity contribution in [3.63, 3.8) is 0 Å². The number of nitrogens with two attached hydrogens (primary N) is 1. The minimum absolute atomic E-state index is 0.460. The van der Waals surface area contributed by atoms with Crippen molar-refractivity contribution >= 4 is 29.4 Å². The van der Waals surface area contributed by atoms with Gasteiger partial charge in [0, 0.05) is 0 Å². The van der Waals surface area contributed by atoms with E-state index in [1.165, 1.54) is 11.3 Å². The number of nitrogen functional groups attached to an aromatic ring is 1. The van der Waals surface area contributed by atoms with E-state index in [1.54, 1.807) is 4.57 Å². The van der Waals surface area contributed by atoms with Crippen molar-refractivity contribution in [1.82, 2.24) is 4.57 Å². The Kier molecular flexibility index (Phi) is 3.04. The number of aromatic nitrogens is 1. The third kappa shape index (κ3) is 1.98. The summed E-state index contributed by atoms with van der Waals surface area (Å²) in [6.45, 7) is 0.615. The second kappa shape index (κ2) is 4.47. The van der Waals surface area contributed by atoms with Gasteiger partial charge in [0.05, 0.1) is 6.54 Å². The molecule has 2 rings (SSSR count). The molecule has 0 amide bonds. The van der Waals surface area contributed by atoms with Crippen LogP contribution in [0.3, 0.4) is 0 Å². The number of nitrogens with zero attached hydrogens (tertiary/aromatic N) is 2. The van der Waals surface area contributed by atoms with Crippen LogP contribution in [0.15, 0.2) is 30.3 Å². The van der Waals surface area contributed by atoms with Gasteiger partial charge in [-0.3, -0.25) is 0 Å². The van der Waals surface area contributed by atoms with Crippen LogP contribution < -0.4 is 5.73 Å². The normalized spacial score (nSPS) is 9.94. The zero-order valence-electron chi connectivity index (χ0n) is 8.38. The van der Waals surface area contributed by atoms with Crippen molar-refractivity contribution < 1.29 is 0 Å². The van der Waals surface area contributed by atoms with Crippen LogP contribution in [0, 0.1) is 15.3 Å². The van der Waals surface area contributed by atoms with E-state index in [-0.39, 0.29) is 0 Å². The molecular formula is C11H9N3S2. The molecule has 0 fully saturated rings. The van der Waals surface area contributed by atoms with E-state index in [0.29, 0.717) is 21.2 Å². The van der Waals surface area contributed by atoms with Crippen LogP contribution in [-0.2, 0) is 6.54 Å². The minimum atomic E-state index is 0.460. The van der Waals surface area contributed by atoms with Crippen LogP contribution in [0.4, 0.5) is 5.82 Å². The minimum Gasteiger partial charge on any atom is -0.383 e. The second-order valence-electron chi connectivity index (χ2n) is 3.27. The van der Waals surface area contributed by atoms with Gasteiger partial charge in [-0.1, -0.05) is 41.7 Å². The smallest absolute Gasteiger partial charge is 0.164 e. The molecule has 0 aliphatic carbocycles. The second-order valence-corrected chi connectivity index (χ2v) is 4.91. The standard InChI is InChI=1S/C11H9N3S2/c12-6-9-10(13)14(11(15)16-9)7-8-4-2-1-3-5-8/h1-5H,7,13H2. The molecule has 2 N–H and O–H groups in total. The summed E-state index contributed by atoms with van der Waals surface area (Å²) in [5.74, 6) is 0.460. The van der Waals surface area contributed by atoms with Crippen molar-refractivity contribution in [2.45, 2.75) is 6.54 Å². The maximum Gasteiger partial charge on any atom is 0.164 e. The van der Waals surface area contributed by atoms with Crippen LogP contribution in [0.2, 0.25) is 0 Å². The molecule has 80 valence electrons. The molecule has 0 saturated heterocycles. The van der Waals surface area contributed by atoms with Gasteiger partial charge in [-0.2, -0.15) is 5.26 Å². The van der Waals surface area contributed by atoms with Gasteiger partial charge in [-0.25, -0.2) is 0 Å². The van der Waals surface area contributed by atoms with Gasteiger partial charge in [0.15, 0.2) is 3.95 Å². The Morgan fingerprint density at radius 1 is 1.38 bits per heavy atom. The Morgan fingerprint density at radius 3 is 2.62 bits per heavy atom. The first-order valence-electron chi connectivity index (χ1n) is 4.65. The molecule has 16 heavy (non-hydrogen) atoms. The summed E-state index contributed by atoms with van der Waals surface area (Å²) >= 11 is 6.43. The Labute approximate surface area is 102 Å². The molecule has 0 bridgehead atoms. The number of anilines is 1. The van der Waals surface area contributed by atoms with Gasteiger partial charge < -0.3 is 10.3 Å². The molecule has 0 saturated carbocycles. The lowest BCUT2D eigenvalue weighted by Crippen LogP contribution is -2.04. The number of hydrogen-bond acceptors (Lipinski definition) is 4. The quantitative estimate of drug-likeness (QED) is 0.830. The van der Waals surface area contributed by atoms with Gasteiger partial charge in [-0.15, -0.1) is 0 Å². The van der Waals surface area contributed by atoms with Gasteiger partial charge in [0.25, 0.3) is 0 Å². The van der Waals surface area contributed by atoms with Crippen LogP contribution in [0.5, 0.6) is 0 Å². The van der Waals surface area contributed by atoms with Gasteiger partial charge >= 0.3 is 0 Å². The highest BCUT2D eigenvalue weighted by Crippen LogP contribution is 2.21. The largest absolute Gasteiger partial charge is 0.383 e. The fourth-order valence-electron chi connectivity index (χ4n) is 1.41. The zero-order valence-corrected chi connectivity index (χ0v) is 10.0. The Balaban J connectivity index is 2.40. The van der Waals surface area contributed by atoms with Gasteiger partial charge in [0.1, 0.15) is 16.8 Å². The monoisotopic (exact) mass is 247 g/mol. The first-order chi connectivity index (χ1) is 7.72. The molecule has 2 aromatic rings. The molecule has 0 radical (unpaired) electrons. The Hall–Kier alpha value is -1.64. The molecule has 1 aromatic carbocycles. The summed E-state index contributed by atoms with van der Waals surface area (Å²) in [6.07, 6.45) is 0. The molecule has 0 aliphatic rings. The third-order valence-corrected chi connectivity index (χ3v) is 3.59. The van der Waals surface area contributed by atoms with Gasteiger partial charge in [-0.05, 0) is 17.8 Å². The van der Waals surface area contributed by atoms with Crippen LogP contribution in [0.1, 0.15) is 10.4 Å². The predicted molar refractivity (Wildman–Crippen MR) is 67.8 cm³/mol. The molecule has 0 spiro atoms. The van der Waals surface area contributed by atoms with Crippen molar-refractivity contribution in [1.29, 1.82) is 5.26 Å². The van der Waals surface area contributed by atoms with Gasteiger partial charge in [0.2, 0.25) is 0 Å². The SMILES string of the molecule is N#Cc1sc(=S)n(Cc2ccccc2)c1N. The van der Waals surface area contributed by atoms with E-state index in [4.69, 9.17) is 23.2 Å². The highest BCUT2D eigenvalue weighted by molar-refractivity contribution is 7.73. The lowest BCUT2D eigenvalue weighted by molar-refractivity contribution is 0.811. The van der Waals surface area contributed by atoms with E-state index in [0.717, 1.165) is 5.56 Å². The summed E-state index contributed by atoms with van der Waals surface area (Å²) in [7, 11) is 0. The molecule has 0 unspecified atom stereocenters. The van der Waals surface area contributed by atoms with Crippen molar-refractivity contribution in [2.24, 2.45) is 0 Å². The average molecular weight is 247 g/mol. The number of nitriles is 1. The molecule has 3 nitrogen and oxygen atoms in total. The lowest BCUT2D eigenvalue weighted by atomic mass is 10.2. The van der Waals surface area contributed by atoms with E-state index < -0.39 is 0 Å². The van der Waals surface area contributed by atoms with Crippen molar-refractivity contribution in [2.75, 3.05) is 5.73 Å². The molecular weight excluding hydrogens is 238 g/mol. The van der Waals surface area contributed by atoms with E-state index in [9.17, 15) is 0 Å². The number of thiazole rings is 1. The number of hydrogen-bond donors (Lipinski definition) is 1. The van der Waals surface area contributed by atoms with E-state index in [2.05, 4.69) is 0 Å². The molecule has 1 aromatic heterocycles.